The maximum Gasteiger partial charge on any atom is 0.416 e. The van der Waals surface area contributed by atoms with Crippen LogP contribution in [-0.4, -0.2) is 20.6 Å². The Labute approximate surface area is 142 Å². The predicted octanol–water partition coefficient (Wildman–Crippen LogP) is 3.01. The highest BCUT2D eigenvalue weighted by molar-refractivity contribution is 7.92. The van der Waals surface area contributed by atoms with E-state index in [-0.39, 0.29) is 17.8 Å². The highest BCUT2D eigenvalue weighted by atomic mass is 32.2. The lowest BCUT2D eigenvalue weighted by atomic mass is 10.1. The Kier molecular flexibility index (Phi) is 5.36. The summed E-state index contributed by atoms with van der Waals surface area (Å²) < 4.78 is 62.1. The van der Waals surface area contributed by atoms with Crippen LogP contribution in [-0.2, 0) is 22.7 Å². The second-order valence-electron chi connectivity index (χ2n) is 5.33. The van der Waals surface area contributed by atoms with Gasteiger partial charge >= 0.3 is 6.18 Å². The minimum absolute atomic E-state index is 0.0424. The molecule has 0 aliphatic rings. The SMILES string of the molecule is CS(=O)(=O)Nc1cccc(C(=O)NCc2ccc(C(F)(F)F)cc2)c1. The van der Waals surface area contributed by atoms with Crippen molar-refractivity contribution in [1.82, 2.24) is 5.32 Å². The van der Waals surface area contributed by atoms with Gasteiger partial charge in [-0.05, 0) is 35.9 Å². The fourth-order valence-corrected chi connectivity index (χ4v) is 2.59. The van der Waals surface area contributed by atoms with E-state index in [0.717, 1.165) is 18.4 Å². The first-order valence-corrected chi connectivity index (χ1v) is 8.96. The van der Waals surface area contributed by atoms with Gasteiger partial charge in [-0.2, -0.15) is 13.2 Å². The van der Waals surface area contributed by atoms with Gasteiger partial charge in [0.15, 0.2) is 0 Å². The number of rotatable bonds is 5. The molecule has 1 amide bonds. The summed E-state index contributed by atoms with van der Waals surface area (Å²) in [7, 11) is -3.46. The van der Waals surface area contributed by atoms with Gasteiger partial charge in [0.05, 0.1) is 11.8 Å². The molecular formula is C16H15F3N2O3S. The molecule has 0 spiro atoms. The number of amides is 1. The van der Waals surface area contributed by atoms with Gasteiger partial charge in [0.1, 0.15) is 0 Å². The normalized spacial score (nSPS) is 11.8. The molecule has 0 saturated carbocycles. The van der Waals surface area contributed by atoms with Crippen molar-refractivity contribution in [3.8, 4) is 0 Å². The molecule has 0 aliphatic heterocycles. The van der Waals surface area contributed by atoms with Crippen molar-refractivity contribution in [1.29, 1.82) is 0 Å². The first-order valence-electron chi connectivity index (χ1n) is 7.07. The quantitative estimate of drug-likeness (QED) is 0.847. The van der Waals surface area contributed by atoms with Crippen molar-refractivity contribution >= 4 is 21.6 Å². The van der Waals surface area contributed by atoms with E-state index in [4.69, 9.17) is 0 Å². The van der Waals surface area contributed by atoms with Crippen LogP contribution in [0, 0.1) is 0 Å². The second kappa shape index (κ2) is 7.14. The Morgan fingerprint density at radius 2 is 1.72 bits per heavy atom. The molecular weight excluding hydrogens is 357 g/mol. The first kappa shape index (κ1) is 18.8. The maximum absolute atomic E-state index is 12.5. The molecule has 9 heteroatoms. The molecule has 0 atom stereocenters. The smallest absolute Gasteiger partial charge is 0.348 e. The number of halogens is 3. The summed E-state index contributed by atoms with van der Waals surface area (Å²) in [5.41, 5.74) is 0.208. The molecule has 134 valence electrons. The van der Waals surface area contributed by atoms with Gasteiger partial charge in [-0.3, -0.25) is 9.52 Å². The van der Waals surface area contributed by atoms with Crippen LogP contribution in [0.5, 0.6) is 0 Å². The van der Waals surface area contributed by atoms with Gasteiger partial charge in [0.2, 0.25) is 10.0 Å². The number of sulfonamides is 1. The van der Waals surface area contributed by atoms with Crippen molar-refractivity contribution in [3.05, 3.63) is 65.2 Å². The van der Waals surface area contributed by atoms with Crippen LogP contribution in [0.1, 0.15) is 21.5 Å². The standard InChI is InChI=1S/C16H15F3N2O3S/c1-25(23,24)21-14-4-2-3-12(9-14)15(22)20-10-11-5-7-13(8-6-11)16(17,18)19/h2-9,21H,10H2,1H3,(H,20,22). The van der Waals surface area contributed by atoms with Crippen LogP contribution in [0.15, 0.2) is 48.5 Å². The highest BCUT2D eigenvalue weighted by Gasteiger charge is 2.29. The zero-order valence-electron chi connectivity index (χ0n) is 13.1. The third kappa shape index (κ3) is 5.79. The van der Waals surface area contributed by atoms with Crippen LogP contribution in [0.4, 0.5) is 18.9 Å². The Bertz CT molecular complexity index is 863. The summed E-state index contributed by atoms with van der Waals surface area (Å²) in [5, 5.41) is 2.57. The van der Waals surface area contributed by atoms with Gasteiger partial charge in [0, 0.05) is 17.8 Å². The van der Waals surface area contributed by atoms with Crippen LogP contribution >= 0.6 is 0 Å². The first-order chi connectivity index (χ1) is 11.5. The summed E-state index contributed by atoms with van der Waals surface area (Å²) in [6.07, 6.45) is -3.42. The van der Waals surface area contributed by atoms with E-state index in [2.05, 4.69) is 10.0 Å². The molecule has 0 aromatic heterocycles. The predicted molar refractivity (Wildman–Crippen MR) is 87.5 cm³/mol. The number of hydrogen-bond acceptors (Lipinski definition) is 3. The molecule has 0 saturated heterocycles. The monoisotopic (exact) mass is 372 g/mol. The van der Waals surface area contributed by atoms with Gasteiger partial charge in [-0.1, -0.05) is 18.2 Å². The van der Waals surface area contributed by atoms with E-state index in [9.17, 15) is 26.4 Å². The number of carbonyl (C=O) groups excluding carboxylic acids is 1. The average molecular weight is 372 g/mol. The third-order valence-corrected chi connectivity index (χ3v) is 3.77. The number of nitrogens with one attached hydrogen (secondary N) is 2. The fraction of sp³-hybridized carbons (Fsp3) is 0.188. The zero-order valence-corrected chi connectivity index (χ0v) is 13.9. The summed E-state index contributed by atoms with van der Waals surface area (Å²) in [4.78, 5) is 12.1. The lowest BCUT2D eigenvalue weighted by Gasteiger charge is -2.09. The van der Waals surface area contributed by atoms with Crippen LogP contribution in [0.3, 0.4) is 0 Å². The highest BCUT2D eigenvalue weighted by Crippen LogP contribution is 2.29. The van der Waals surface area contributed by atoms with Crippen molar-refractivity contribution in [2.24, 2.45) is 0 Å². The van der Waals surface area contributed by atoms with Gasteiger partial charge in [-0.25, -0.2) is 8.42 Å². The Balaban J connectivity index is 2.02. The molecule has 0 bridgehead atoms. The molecule has 0 unspecified atom stereocenters. The van der Waals surface area contributed by atoms with Crippen LogP contribution < -0.4 is 10.0 Å². The third-order valence-electron chi connectivity index (χ3n) is 3.16. The largest absolute Gasteiger partial charge is 0.416 e. The second-order valence-corrected chi connectivity index (χ2v) is 7.08. The number of anilines is 1. The van der Waals surface area contributed by atoms with E-state index in [1.165, 1.54) is 36.4 Å². The molecule has 0 aliphatic carbocycles. The van der Waals surface area contributed by atoms with Crippen molar-refractivity contribution in [3.63, 3.8) is 0 Å². The molecule has 5 nitrogen and oxygen atoms in total. The molecule has 2 aromatic rings. The minimum atomic E-state index is -4.41. The summed E-state index contributed by atoms with van der Waals surface area (Å²) in [6.45, 7) is 0.0424. The van der Waals surface area contributed by atoms with E-state index >= 15 is 0 Å². The molecule has 0 radical (unpaired) electrons. The lowest BCUT2D eigenvalue weighted by Crippen LogP contribution is -2.23. The Morgan fingerprint density at radius 3 is 2.28 bits per heavy atom. The van der Waals surface area contributed by atoms with Gasteiger partial charge < -0.3 is 5.32 Å². The Morgan fingerprint density at radius 1 is 1.08 bits per heavy atom. The summed E-state index contributed by atoms with van der Waals surface area (Å²) >= 11 is 0. The molecule has 0 fully saturated rings. The van der Waals surface area contributed by atoms with E-state index < -0.39 is 27.7 Å². The topological polar surface area (TPSA) is 75.3 Å². The lowest BCUT2D eigenvalue weighted by molar-refractivity contribution is -0.137. The number of alkyl halides is 3. The van der Waals surface area contributed by atoms with Crippen LogP contribution in [0.25, 0.3) is 0 Å². The molecule has 2 N–H and O–H groups in total. The van der Waals surface area contributed by atoms with E-state index in [1.54, 1.807) is 0 Å². The number of benzene rings is 2. The number of carbonyl (C=O) groups is 1. The van der Waals surface area contributed by atoms with Crippen LogP contribution in [0.2, 0.25) is 0 Å². The zero-order chi connectivity index (χ0) is 18.7. The minimum Gasteiger partial charge on any atom is -0.348 e. The van der Waals surface area contributed by atoms with Crippen molar-refractivity contribution in [2.75, 3.05) is 11.0 Å². The number of hydrogen-bond donors (Lipinski definition) is 2. The van der Waals surface area contributed by atoms with Gasteiger partial charge in [-0.15, -0.1) is 0 Å². The molecule has 25 heavy (non-hydrogen) atoms. The van der Waals surface area contributed by atoms with E-state index in [1.807, 2.05) is 0 Å². The molecule has 0 heterocycles. The van der Waals surface area contributed by atoms with Crippen molar-refractivity contribution in [2.45, 2.75) is 12.7 Å². The van der Waals surface area contributed by atoms with E-state index in [0.29, 0.717) is 5.56 Å². The maximum atomic E-state index is 12.5. The van der Waals surface area contributed by atoms with Gasteiger partial charge in [0.25, 0.3) is 5.91 Å². The molecule has 2 rings (SSSR count). The molecule has 2 aromatic carbocycles. The summed E-state index contributed by atoms with van der Waals surface area (Å²) in [6, 6.07) is 10.3. The summed E-state index contributed by atoms with van der Waals surface area (Å²) in [5.74, 6) is -0.475. The van der Waals surface area contributed by atoms with Crippen molar-refractivity contribution < 1.29 is 26.4 Å². The Hall–Kier alpha value is -2.55. The fourth-order valence-electron chi connectivity index (χ4n) is 2.03. The average Bonchev–Trinajstić information content (AvgIpc) is 2.51.